The molecule has 1 aromatic heterocycles. The molecule has 2 N–H and O–H groups in total. The van der Waals surface area contributed by atoms with E-state index in [2.05, 4.69) is 15.2 Å². The van der Waals surface area contributed by atoms with Crippen molar-refractivity contribution >= 4 is 14.1 Å². The third-order valence-corrected chi connectivity index (χ3v) is 2.66. The van der Waals surface area contributed by atoms with Gasteiger partial charge in [0.25, 0.3) is 0 Å². The number of anilines is 1. The predicted molar refractivity (Wildman–Crippen MR) is 70.8 cm³/mol. The highest BCUT2D eigenvalue weighted by Crippen LogP contribution is 2.22. The van der Waals surface area contributed by atoms with Gasteiger partial charge in [-0.3, -0.25) is 4.57 Å². The molecule has 0 spiro atoms. The molecule has 1 unspecified atom stereocenters. The molecule has 9 heteroatoms. The Balaban J connectivity index is 2.35. The molecule has 1 heterocycles. The maximum atomic E-state index is 10.6. The van der Waals surface area contributed by atoms with Gasteiger partial charge in [0.05, 0.1) is 12.8 Å². The molecular formula is C11H11N4O4P. The molecule has 0 aliphatic heterocycles. The zero-order valence-corrected chi connectivity index (χ0v) is 11.4. The van der Waals surface area contributed by atoms with E-state index in [-0.39, 0.29) is 11.5 Å². The summed E-state index contributed by atoms with van der Waals surface area (Å²) in [5.74, 6) is 0.937. The molecule has 0 aliphatic rings. The monoisotopic (exact) mass is 294 g/mol. The first-order chi connectivity index (χ1) is 9.63. The van der Waals surface area contributed by atoms with Crippen molar-refractivity contribution in [2.45, 2.75) is 0 Å². The van der Waals surface area contributed by atoms with Gasteiger partial charge in [-0.1, -0.05) is 0 Å². The first-order valence-corrected chi connectivity index (χ1v) is 6.71. The van der Waals surface area contributed by atoms with E-state index in [1.165, 1.54) is 10.7 Å². The largest absolute Gasteiger partial charge is 0.497 e. The number of rotatable bonds is 5. The minimum atomic E-state index is -3.14. The Bertz CT molecular complexity index is 662. The summed E-state index contributed by atoms with van der Waals surface area (Å²) in [7, 11) is -1.59. The first-order valence-electron chi connectivity index (χ1n) is 5.44. The van der Waals surface area contributed by atoms with Crippen LogP contribution in [0.5, 0.6) is 5.75 Å². The lowest BCUT2D eigenvalue weighted by Gasteiger charge is -2.08. The van der Waals surface area contributed by atoms with E-state index < -0.39 is 8.25 Å². The van der Waals surface area contributed by atoms with Crippen molar-refractivity contribution in [3.8, 4) is 17.5 Å². The molecule has 0 amide bonds. The van der Waals surface area contributed by atoms with Gasteiger partial charge >= 0.3 is 8.25 Å². The maximum Gasteiger partial charge on any atom is 0.337 e. The minimum Gasteiger partial charge on any atom is -0.497 e. The number of nitriles is 1. The Morgan fingerprint density at radius 3 is 2.70 bits per heavy atom. The summed E-state index contributed by atoms with van der Waals surface area (Å²) in [5, 5.41) is 12.9. The zero-order chi connectivity index (χ0) is 14.5. The fourth-order valence-electron chi connectivity index (χ4n) is 1.52. The smallest absolute Gasteiger partial charge is 0.337 e. The van der Waals surface area contributed by atoms with Crippen LogP contribution >= 0.6 is 8.25 Å². The lowest BCUT2D eigenvalue weighted by molar-refractivity contribution is 0.336. The number of benzene rings is 1. The molecule has 0 radical (unpaired) electrons. The van der Waals surface area contributed by atoms with Crippen LogP contribution in [0.1, 0.15) is 5.69 Å². The van der Waals surface area contributed by atoms with Crippen LogP contribution in [0.2, 0.25) is 0 Å². The topological polar surface area (TPSA) is 109 Å². The van der Waals surface area contributed by atoms with Gasteiger partial charge in [-0.25, -0.2) is 10.2 Å². The Labute approximate surface area is 115 Å². The fraction of sp³-hybridized carbons (Fsp3) is 0.0909. The van der Waals surface area contributed by atoms with Gasteiger partial charge in [0, 0.05) is 6.07 Å². The van der Waals surface area contributed by atoms with Crippen LogP contribution in [0.4, 0.5) is 5.82 Å². The lowest BCUT2D eigenvalue weighted by atomic mass is 10.3. The van der Waals surface area contributed by atoms with Gasteiger partial charge in [-0.15, -0.1) is 0 Å². The second-order valence-electron chi connectivity index (χ2n) is 3.61. The third kappa shape index (κ3) is 3.16. The average Bonchev–Trinajstić information content (AvgIpc) is 2.88. The SMILES string of the molecule is COc1ccc(-n2nc(C#N)cc2NO[PH](=O)O)cc1. The normalized spacial score (nSPS) is 11.7. The van der Waals surface area contributed by atoms with Crippen molar-refractivity contribution in [2.24, 2.45) is 0 Å². The van der Waals surface area contributed by atoms with E-state index in [0.29, 0.717) is 11.4 Å². The van der Waals surface area contributed by atoms with Crippen LogP contribution in [0.15, 0.2) is 30.3 Å². The average molecular weight is 294 g/mol. The number of aromatic nitrogens is 2. The van der Waals surface area contributed by atoms with Gasteiger partial charge in [-0.2, -0.15) is 15.0 Å². The summed E-state index contributed by atoms with van der Waals surface area (Å²) >= 11 is 0. The molecule has 0 saturated heterocycles. The second-order valence-corrected chi connectivity index (χ2v) is 4.34. The summed E-state index contributed by atoms with van der Waals surface area (Å²) in [6.07, 6.45) is 0. The highest BCUT2D eigenvalue weighted by molar-refractivity contribution is 7.32. The van der Waals surface area contributed by atoms with Crippen molar-refractivity contribution in [3.63, 3.8) is 0 Å². The number of methoxy groups -OCH3 is 1. The molecule has 104 valence electrons. The van der Waals surface area contributed by atoms with E-state index in [1.807, 2.05) is 6.07 Å². The van der Waals surface area contributed by atoms with Crippen LogP contribution in [0, 0.1) is 11.3 Å². The van der Waals surface area contributed by atoms with Crippen molar-refractivity contribution in [1.82, 2.24) is 9.78 Å². The van der Waals surface area contributed by atoms with E-state index in [9.17, 15) is 4.57 Å². The summed E-state index contributed by atoms with van der Waals surface area (Å²) < 4.78 is 21.4. The molecule has 20 heavy (non-hydrogen) atoms. The number of hydrogen-bond acceptors (Lipinski definition) is 6. The Morgan fingerprint density at radius 1 is 1.45 bits per heavy atom. The first kappa shape index (κ1) is 14.1. The van der Waals surface area contributed by atoms with Crippen LogP contribution in [-0.4, -0.2) is 21.8 Å². The van der Waals surface area contributed by atoms with E-state index in [0.717, 1.165) is 0 Å². The molecule has 8 nitrogen and oxygen atoms in total. The maximum absolute atomic E-state index is 10.6. The van der Waals surface area contributed by atoms with Gasteiger partial charge in [0.15, 0.2) is 11.5 Å². The van der Waals surface area contributed by atoms with Crippen LogP contribution in [-0.2, 0) is 9.19 Å². The third-order valence-electron chi connectivity index (χ3n) is 2.38. The lowest BCUT2D eigenvalue weighted by Crippen LogP contribution is -2.04. The molecule has 0 aliphatic carbocycles. The fourth-order valence-corrected chi connectivity index (χ4v) is 1.72. The van der Waals surface area contributed by atoms with Crippen molar-refractivity contribution in [2.75, 3.05) is 12.6 Å². The summed E-state index contributed by atoms with van der Waals surface area (Å²) in [6.45, 7) is 0. The highest BCUT2D eigenvalue weighted by Gasteiger charge is 2.10. The van der Waals surface area contributed by atoms with E-state index in [4.69, 9.17) is 14.9 Å². The van der Waals surface area contributed by atoms with E-state index in [1.54, 1.807) is 31.4 Å². The minimum absolute atomic E-state index is 0.143. The predicted octanol–water partition coefficient (Wildman–Crippen LogP) is 1.48. The summed E-state index contributed by atoms with van der Waals surface area (Å²) in [4.78, 5) is 8.66. The number of nitrogens with one attached hydrogen (secondary N) is 1. The number of nitrogens with zero attached hydrogens (tertiary/aromatic N) is 3. The Morgan fingerprint density at radius 2 is 2.15 bits per heavy atom. The number of ether oxygens (including phenoxy) is 1. The van der Waals surface area contributed by atoms with Crippen LogP contribution < -0.4 is 10.2 Å². The molecule has 1 aromatic carbocycles. The highest BCUT2D eigenvalue weighted by atomic mass is 31.1. The van der Waals surface area contributed by atoms with Crippen molar-refractivity contribution in [1.29, 1.82) is 5.26 Å². The Kier molecular flexibility index (Phi) is 4.38. The molecule has 0 fully saturated rings. The molecule has 2 aromatic rings. The van der Waals surface area contributed by atoms with Gasteiger partial charge in [0.2, 0.25) is 0 Å². The summed E-state index contributed by atoms with van der Waals surface area (Å²) in [6, 6.07) is 10.2. The van der Waals surface area contributed by atoms with Crippen molar-refractivity contribution < 1.29 is 18.8 Å². The van der Waals surface area contributed by atoms with Crippen molar-refractivity contribution in [3.05, 3.63) is 36.0 Å². The molecule has 1 atom stereocenters. The molecule has 0 bridgehead atoms. The van der Waals surface area contributed by atoms with E-state index >= 15 is 0 Å². The quantitative estimate of drug-likeness (QED) is 0.634. The molecule has 0 saturated carbocycles. The summed E-state index contributed by atoms with van der Waals surface area (Å²) in [5.41, 5.74) is 3.07. The van der Waals surface area contributed by atoms with Crippen LogP contribution in [0.3, 0.4) is 0 Å². The zero-order valence-electron chi connectivity index (χ0n) is 10.4. The standard InChI is InChI=1S/C11H11N4O4P/c1-18-10-4-2-9(3-5-10)15-11(14-19-20(16)17)6-8(7-12)13-15/h2-6,14,20H,1H3,(H,16,17). The molecular weight excluding hydrogens is 283 g/mol. The number of hydrogen-bond donors (Lipinski definition) is 2. The Hall–Kier alpha value is -2.33. The molecule has 2 rings (SSSR count). The van der Waals surface area contributed by atoms with Gasteiger partial charge in [0.1, 0.15) is 11.8 Å². The van der Waals surface area contributed by atoms with Gasteiger partial charge in [-0.05, 0) is 24.3 Å². The van der Waals surface area contributed by atoms with Crippen LogP contribution in [0.25, 0.3) is 5.69 Å². The second kappa shape index (κ2) is 6.21. The van der Waals surface area contributed by atoms with Gasteiger partial charge < -0.3 is 9.63 Å².